The molecule has 0 saturated carbocycles. The van der Waals surface area contributed by atoms with Crippen LogP contribution in [-0.2, 0) is 16.0 Å². The maximum Gasteiger partial charge on any atom is 0.186 e. The molecule has 8 heteroatoms. The van der Waals surface area contributed by atoms with Gasteiger partial charge in [0.25, 0.3) is 0 Å². The first-order chi connectivity index (χ1) is 15.6. The van der Waals surface area contributed by atoms with E-state index in [9.17, 15) is 5.11 Å². The van der Waals surface area contributed by atoms with Crippen molar-refractivity contribution < 1.29 is 14.6 Å². The number of amidine groups is 1. The van der Waals surface area contributed by atoms with Crippen molar-refractivity contribution in [1.82, 2.24) is 14.7 Å². The highest BCUT2D eigenvalue weighted by Gasteiger charge is 2.35. The lowest BCUT2D eigenvalue weighted by Crippen LogP contribution is -2.44. The van der Waals surface area contributed by atoms with Crippen LogP contribution in [0.2, 0.25) is 5.02 Å². The summed E-state index contributed by atoms with van der Waals surface area (Å²) in [7, 11) is 2.05. The van der Waals surface area contributed by atoms with Crippen molar-refractivity contribution in [1.29, 1.82) is 0 Å². The third-order valence-corrected chi connectivity index (χ3v) is 6.00. The Labute approximate surface area is 195 Å². The van der Waals surface area contributed by atoms with Crippen LogP contribution in [0, 0.1) is 11.8 Å². The molecule has 1 aromatic rings. The molecule has 0 aromatic heterocycles. The molecule has 1 saturated heterocycles. The van der Waals surface area contributed by atoms with E-state index in [-0.39, 0.29) is 19.1 Å². The van der Waals surface area contributed by atoms with Gasteiger partial charge >= 0.3 is 0 Å². The summed E-state index contributed by atoms with van der Waals surface area (Å²) >= 11 is 6.06. The average Bonchev–Trinajstić information content (AvgIpc) is 3.15. The second-order valence-electron chi connectivity index (χ2n) is 8.25. The van der Waals surface area contributed by atoms with Crippen molar-refractivity contribution in [2.75, 3.05) is 40.1 Å². The summed E-state index contributed by atoms with van der Waals surface area (Å²) in [6.07, 6.45) is 6.04. The van der Waals surface area contributed by atoms with E-state index in [0.717, 1.165) is 56.2 Å². The van der Waals surface area contributed by atoms with Crippen LogP contribution in [-0.4, -0.2) is 78.2 Å². The molecule has 172 valence electrons. The van der Waals surface area contributed by atoms with E-state index < -0.39 is 0 Å². The number of likely N-dealkylation sites (N-methyl/N-ethyl adjacent to an activating group) is 1. The quantitative estimate of drug-likeness (QED) is 0.501. The van der Waals surface area contributed by atoms with Crippen LogP contribution in [0.3, 0.4) is 0 Å². The molecule has 3 aliphatic rings. The number of aliphatic hydroxyl groups excluding tert-OH is 1. The first-order valence-electron chi connectivity index (χ1n) is 11.2. The number of hydrogen-bond donors (Lipinski definition) is 1. The van der Waals surface area contributed by atoms with Crippen molar-refractivity contribution in [3.8, 4) is 11.8 Å². The molecular formula is C24H31ClN4O3. The Kier molecular flexibility index (Phi) is 7.93. The van der Waals surface area contributed by atoms with Crippen LogP contribution in [0.25, 0.3) is 0 Å². The van der Waals surface area contributed by atoms with Gasteiger partial charge in [0.15, 0.2) is 18.3 Å². The minimum absolute atomic E-state index is 0.0413. The minimum atomic E-state index is -0.326. The molecule has 0 amide bonds. The number of nitrogens with zero attached hydrogens (tertiary/aromatic N) is 4. The molecule has 4 rings (SSSR count). The topological polar surface area (TPSA) is 60.8 Å². The van der Waals surface area contributed by atoms with Crippen molar-refractivity contribution in [2.24, 2.45) is 4.99 Å². The highest BCUT2D eigenvalue weighted by atomic mass is 35.5. The normalized spacial score (nSPS) is 22.8. The Balaban J connectivity index is 1.43. The van der Waals surface area contributed by atoms with Crippen LogP contribution in [0.5, 0.6) is 0 Å². The lowest BCUT2D eigenvalue weighted by Gasteiger charge is -2.36. The summed E-state index contributed by atoms with van der Waals surface area (Å²) in [6, 6.07) is 7.83. The number of benzene rings is 1. The summed E-state index contributed by atoms with van der Waals surface area (Å²) in [5.41, 5.74) is 2.17. The highest BCUT2D eigenvalue weighted by molar-refractivity contribution is 6.30. The van der Waals surface area contributed by atoms with E-state index in [0.29, 0.717) is 18.2 Å². The molecule has 0 aliphatic carbocycles. The molecule has 3 aliphatic heterocycles. The third-order valence-electron chi connectivity index (χ3n) is 5.75. The van der Waals surface area contributed by atoms with Gasteiger partial charge < -0.3 is 29.3 Å². The lowest BCUT2D eigenvalue weighted by molar-refractivity contribution is -0.163. The number of ether oxygens (including phenoxy) is 2. The van der Waals surface area contributed by atoms with Gasteiger partial charge in [0.1, 0.15) is 6.61 Å². The Morgan fingerprint density at radius 3 is 2.88 bits per heavy atom. The van der Waals surface area contributed by atoms with Crippen molar-refractivity contribution in [3.63, 3.8) is 0 Å². The van der Waals surface area contributed by atoms with E-state index in [4.69, 9.17) is 26.1 Å². The van der Waals surface area contributed by atoms with Gasteiger partial charge in [-0.05, 0) is 43.4 Å². The summed E-state index contributed by atoms with van der Waals surface area (Å²) in [6.45, 7) is 3.62. The monoisotopic (exact) mass is 458 g/mol. The third kappa shape index (κ3) is 5.76. The number of aliphatic imine (C=N–C) groups is 1. The van der Waals surface area contributed by atoms with Gasteiger partial charge in [-0.1, -0.05) is 35.6 Å². The average molecular weight is 459 g/mol. The zero-order chi connectivity index (χ0) is 22.3. The van der Waals surface area contributed by atoms with E-state index >= 15 is 0 Å². The minimum Gasteiger partial charge on any atom is -0.384 e. The molecular weight excluding hydrogens is 428 g/mol. The fraction of sp³-hybridized carbons (Fsp3) is 0.542. The standard InChI is InChI=1S/C24H31ClN4O3/c1-27-18-28(12-5-15-32-23-7-2-3-14-31-23)17-21-24(27)26-22(6-4-13-30)29(21)16-19-8-10-20(25)11-9-19/h8-11,17,22-23,30H,2-3,5,7,12-16,18H2,1H3. The van der Waals surface area contributed by atoms with Gasteiger partial charge in [0.2, 0.25) is 0 Å². The first kappa shape index (κ1) is 22.9. The van der Waals surface area contributed by atoms with Crippen molar-refractivity contribution in [3.05, 3.63) is 46.7 Å². The molecule has 1 fully saturated rings. The number of halogens is 1. The summed E-state index contributed by atoms with van der Waals surface area (Å²) in [4.78, 5) is 11.5. The van der Waals surface area contributed by atoms with Gasteiger partial charge in [-0.3, -0.25) is 0 Å². The Morgan fingerprint density at radius 1 is 1.28 bits per heavy atom. The zero-order valence-corrected chi connectivity index (χ0v) is 19.3. The van der Waals surface area contributed by atoms with Crippen LogP contribution < -0.4 is 0 Å². The van der Waals surface area contributed by atoms with E-state index in [1.807, 2.05) is 31.3 Å². The van der Waals surface area contributed by atoms with E-state index in [1.54, 1.807) is 0 Å². The fourth-order valence-corrected chi connectivity index (χ4v) is 4.28. The first-order valence-corrected chi connectivity index (χ1v) is 11.6. The predicted octanol–water partition coefficient (Wildman–Crippen LogP) is 2.86. The van der Waals surface area contributed by atoms with Crippen LogP contribution in [0.4, 0.5) is 0 Å². The second kappa shape index (κ2) is 11.1. The Hall–Kier alpha value is -2.24. The molecule has 1 aromatic carbocycles. The van der Waals surface area contributed by atoms with Gasteiger partial charge in [0.05, 0.1) is 19.0 Å². The van der Waals surface area contributed by atoms with Crippen molar-refractivity contribution >= 4 is 17.4 Å². The smallest absolute Gasteiger partial charge is 0.186 e. The molecule has 2 atom stereocenters. The van der Waals surface area contributed by atoms with Gasteiger partial charge in [-0.25, -0.2) is 4.99 Å². The number of hydrogen-bond acceptors (Lipinski definition) is 7. The number of aliphatic hydroxyl groups is 1. The molecule has 0 radical (unpaired) electrons. The molecule has 0 spiro atoms. The molecule has 0 bridgehead atoms. The van der Waals surface area contributed by atoms with Gasteiger partial charge in [0, 0.05) is 38.0 Å². The van der Waals surface area contributed by atoms with Gasteiger partial charge in [-0.2, -0.15) is 0 Å². The molecule has 7 nitrogen and oxygen atoms in total. The summed E-state index contributed by atoms with van der Waals surface area (Å²) in [5.74, 6) is 6.79. The zero-order valence-electron chi connectivity index (χ0n) is 18.5. The van der Waals surface area contributed by atoms with Gasteiger partial charge in [-0.15, -0.1) is 0 Å². The van der Waals surface area contributed by atoms with Crippen LogP contribution >= 0.6 is 11.6 Å². The molecule has 32 heavy (non-hydrogen) atoms. The SMILES string of the molecule is CN1CN(CCCOC2CCCCO2)C=C2C1=NC(C#CCO)N2Cc1ccc(Cl)cc1. The second-order valence-corrected chi connectivity index (χ2v) is 8.68. The highest BCUT2D eigenvalue weighted by Crippen LogP contribution is 2.28. The van der Waals surface area contributed by atoms with Crippen LogP contribution in [0.1, 0.15) is 31.2 Å². The van der Waals surface area contributed by atoms with Crippen molar-refractivity contribution in [2.45, 2.75) is 44.7 Å². The maximum absolute atomic E-state index is 9.19. The van der Waals surface area contributed by atoms with Crippen LogP contribution in [0.15, 0.2) is 41.2 Å². The largest absolute Gasteiger partial charge is 0.384 e. The fourth-order valence-electron chi connectivity index (χ4n) is 4.16. The summed E-state index contributed by atoms with van der Waals surface area (Å²) in [5, 5.41) is 9.91. The Morgan fingerprint density at radius 2 is 2.12 bits per heavy atom. The van der Waals surface area contributed by atoms with E-state index in [2.05, 4.69) is 32.7 Å². The van der Waals surface area contributed by atoms with E-state index in [1.165, 1.54) is 6.42 Å². The number of fused-ring (bicyclic) bond motifs is 1. The molecule has 3 heterocycles. The lowest BCUT2D eigenvalue weighted by atomic mass is 10.2. The maximum atomic E-state index is 9.19. The molecule has 2 unspecified atom stereocenters. The molecule has 1 N–H and O–H groups in total. The number of rotatable bonds is 7. The summed E-state index contributed by atoms with van der Waals surface area (Å²) < 4.78 is 11.5. The predicted molar refractivity (Wildman–Crippen MR) is 125 cm³/mol. The Bertz CT molecular complexity index is 887.